The standard InChI is InChI=1S/C10H10OS3/c1-11-7-3-4-8(12)10-6(7)5-9(13-2)14-10/h3-5,12H,1-2H3. The topological polar surface area (TPSA) is 9.23 Å². The highest BCUT2D eigenvalue weighted by atomic mass is 32.2. The van der Waals surface area contributed by atoms with E-state index in [0.29, 0.717) is 0 Å². The fourth-order valence-electron chi connectivity index (χ4n) is 1.34. The van der Waals surface area contributed by atoms with Crippen LogP contribution < -0.4 is 4.74 Å². The Morgan fingerprint density at radius 1 is 1.43 bits per heavy atom. The molecular formula is C10H10OS3. The lowest BCUT2D eigenvalue weighted by molar-refractivity contribution is 0.419. The van der Waals surface area contributed by atoms with Gasteiger partial charge in [-0.05, 0) is 24.5 Å². The van der Waals surface area contributed by atoms with Crippen LogP contribution in [0, 0.1) is 0 Å². The lowest BCUT2D eigenvalue weighted by atomic mass is 10.2. The molecule has 2 rings (SSSR count). The first kappa shape index (κ1) is 10.2. The second kappa shape index (κ2) is 4.04. The molecule has 0 aliphatic carbocycles. The Kier molecular flexibility index (Phi) is 2.95. The maximum Gasteiger partial charge on any atom is 0.127 e. The monoisotopic (exact) mass is 242 g/mol. The molecule has 1 aromatic heterocycles. The number of rotatable bonds is 2. The molecule has 0 fully saturated rings. The van der Waals surface area contributed by atoms with E-state index in [-0.39, 0.29) is 0 Å². The van der Waals surface area contributed by atoms with E-state index < -0.39 is 0 Å². The van der Waals surface area contributed by atoms with Gasteiger partial charge in [0.2, 0.25) is 0 Å². The van der Waals surface area contributed by atoms with Crippen molar-refractivity contribution in [3.63, 3.8) is 0 Å². The molecule has 0 spiro atoms. The van der Waals surface area contributed by atoms with Gasteiger partial charge in [-0.25, -0.2) is 0 Å². The van der Waals surface area contributed by atoms with Gasteiger partial charge < -0.3 is 4.74 Å². The van der Waals surface area contributed by atoms with Crippen LogP contribution in [0.3, 0.4) is 0 Å². The van der Waals surface area contributed by atoms with Crippen LogP contribution in [0.1, 0.15) is 0 Å². The minimum absolute atomic E-state index is 0.925. The number of thiol groups is 1. The average molecular weight is 242 g/mol. The molecule has 1 nitrogen and oxygen atoms in total. The highest BCUT2D eigenvalue weighted by molar-refractivity contribution is 8.00. The third kappa shape index (κ3) is 1.62. The highest BCUT2D eigenvalue weighted by Gasteiger charge is 2.08. The first-order valence-corrected chi connectivity index (χ1v) is 6.58. The molecule has 14 heavy (non-hydrogen) atoms. The third-order valence-corrected chi connectivity index (χ3v) is 4.78. The molecule has 0 aliphatic heterocycles. The lowest BCUT2D eigenvalue weighted by Gasteiger charge is -2.01. The molecule has 74 valence electrons. The van der Waals surface area contributed by atoms with Gasteiger partial charge >= 0.3 is 0 Å². The Hall–Kier alpha value is -0.320. The Morgan fingerprint density at radius 3 is 2.86 bits per heavy atom. The SMILES string of the molecule is COc1ccc(S)c2sc(SC)cc12. The summed E-state index contributed by atoms with van der Waals surface area (Å²) < 4.78 is 7.80. The molecule has 4 heteroatoms. The fourth-order valence-corrected chi connectivity index (χ4v) is 3.31. The van der Waals surface area contributed by atoms with Crippen LogP contribution in [-0.2, 0) is 0 Å². The summed E-state index contributed by atoms with van der Waals surface area (Å²) in [6, 6.07) is 6.09. The molecule has 0 bridgehead atoms. The molecule has 1 heterocycles. The van der Waals surface area contributed by atoms with Crippen molar-refractivity contribution in [3.05, 3.63) is 18.2 Å². The Labute approximate surface area is 96.9 Å². The lowest BCUT2D eigenvalue weighted by Crippen LogP contribution is -1.82. The van der Waals surface area contributed by atoms with Gasteiger partial charge in [0.15, 0.2) is 0 Å². The quantitative estimate of drug-likeness (QED) is 0.631. The Balaban J connectivity index is 2.74. The predicted octanol–water partition coefficient (Wildman–Crippen LogP) is 3.92. The summed E-state index contributed by atoms with van der Waals surface area (Å²) in [6.45, 7) is 0. The molecule has 0 N–H and O–H groups in total. The second-order valence-electron chi connectivity index (χ2n) is 2.80. The summed E-state index contributed by atoms with van der Waals surface area (Å²) in [7, 11) is 1.70. The van der Waals surface area contributed by atoms with Crippen LogP contribution in [0.5, 0.6) is 5.75 Å². The molecular weight excluding hydrogens is 232 g/mol. The van der Waals surface area contributed by atoms with E-state index in [1.54, 1.807) is 30.2 Å². The summed E-state index contributed by atoms with van der Waals surface area (Å²) in [5.41, 5.74) is 0. The van der Waals surface area contributed by atoms with E-state index in [0.717, 1.165) is 16.0 Å². The molecule has 1 aromatic carbocycles. The van der Waals surface area contributed by atoms with Gasteiger partial charge in [0.25, 0.3) is 0 Å². The number of hydrogen-bond donors (Lipinski definition) is 1. The van der Waals surface area contributed by atoms with E-state index >= 15 is 0 Å². The number of fused-ring (bicyclic) bond motifs is 1. The van der Waals surface area contributed by atoms with E-state index in [4.69, 9.17) is 4.74 Å². The largest absolute Gasteiger partial charge is 0.496 e. The molecule has 0 aliphatic rings. The number of hydrogen-bond acceptors (Lipinski definition) is 4. The molecule has 2 aromatic rings. The third-order valence-electron chi connectivity index (χ3n) is 2.02. The van der Waals surface area contributed by atoms with E-state index in [9.17, 15) is 0 Å². The first-order chi connectivity index (χ1) is 6.76. The molecule has 0 radical (unpaired) electrons. The van der Waals surface area contributed by atoms with Crippen LogP contribution in [0.15, 0.2) is 27.3 Å². The summed E-state index contributed by atoms with van der Waals surface area (Å²) in [5, 5.41) is 1.16. The second-order valence-corrected chi connectivity index (χ2v) is 5.44. The van der Waals surface area contributed by atoms with Crippen LogP contribution in [0.4, 0.5) is 0 Å². The van der Waals surface area contributed by atoms with E-state index in [1.807, 2.05) is 12.1 Å². The zero-order valence-electron chi connectivity index (χ0n) is 7.90. The summed E-state index contributed by atoms with van der Waals surface area (Å²) in [6.07, 6.45) is 2.08. The van der Waals surface area contributed by atoms with Crippen molar-refractivity contribution < 1.29 is 4.74 Å². The number of thiophene rings is 1. The summed E-state index contributed by atoms with van der Waals surface area (Å²) in [4.78, 5) is 1.02. The van der Waals surface area contributed by atoms with E-state index in [2.05, 4.69) is 25.0 Å². The smallest absolute Gasteiger partial charge is 0.127 e. The Bertz CT molecular complexity index is 462. The molecule has 0 saturated carbocycles. The van der Waals surface area contributed by atoms with E-state index in [1.165, 1.54) is 8.91 Å². The number of benzene rings is 1. The van der Waals surface area contributed by atoms with Gasteiger partial charge in [-0.15, -0.1) is 35.7 Å². The average Bonchev–Trinajstić information content (AvgIpc) is 2.63. The highest BCUT2D eigenvalue weighted by Crippen LogP contribution is 2.39. The van der Waals surface area contributed by atoms with Crippen molar-refractivity contribution >= 4 is 45.8 Å². The molecule has 0 unspecified atom stereocenters. The van der Waals surface area contributed by atoms with Gasteiger partial charge in [-0.2, -0.15) is 0 Å². The van der Waals surface area contributed by atoms with Crippen molar-refractivity contribution in [2.24, 2.45) is 0 Å². The minimum atomic E-state index is 0.925. The van der Waals surface area contributed by atoms with Gasteiger partial charge in [0, 0.05) is 10.3 Å². The van der Waals surface area contributed by atoms with Crippen LogP contribution in [0.2, 0.25) is 0 Å². The van der Waals surface area contributed by atoms with Gasteiger partial charge in [0.1, 0.15) is 5.75 Å². The van der Waals surface area contributed by atoms with Crippen molar-refractivity contribution in [3.8, 4) is 5.75 Å². The Morgan fingerprint density at radius 2 is 2.21 bits per heavy atom. The van der Waals surface area contributed by atoms with Crippen molar-refractivity contribution in [2.75, 3.05) is 13.4 Å². The van der Waals surface area contributed by atoms with Gasteiger partial charge in [0.05, 0.1) is 16.0 Å². The predicted molar refractivity (Wildman–Crippen MR) is 67.4 cm³/mol. The van der Waals surface area contributed by atoms with Gasteiger partial charge in [-0.1, -0.05) is 0 Å². The number of thioether (sulfide) groups is 1. The fraction of sp³-hybridized carbons (Fsp3) is 0.200. The van der Waals surface area contributed by atoms with Crippen molar-refractivity contribution in [1.82, 2.24) is 0 Å². The molecule has 0 saturated heterocycles. The van der Waals surface area contributed by atoms with Crippen molar-refractivity contribution in [1.29, 1.82) is 0 Å². The maximum absolute atomic E-state index is 5.30. The molecule has 0 atom stereocenters. The normalized spacial score (nSPS) is 10.8. The number of ether oxygens (including phenoxy) is 1. The minimum Gasteiger partial charge on any atom is -0.496 e. The number of methoxy groups -OCH3 is 1. The van der Waals surface area contributed by atoms with Gasteiger partial charge in [-0.3, -0.25) is 0 Å². The van der Waals surface area contributed by atoms with Crippen LogP contribution in [0.25, 0.3) is 10.1 Å². The zero-order chi connectivity index (χ0) is 10.1. The van der Waals surface area contributed by atoms with Crippen LogP contribution in [-0.4, -0.2) is 13.4 Å². The first-order valence-electron chi connectivity index (χ1n) is 4.09. The molecule has 0 amide bonds. The summed E-state index contributed by atoms with van der Waals surface area (Å²) >= 11 is 7.95. The zero-order valence-corrected chi connectivity index (χ0v) is 10.4. The maximum atomic E-state index is 5.30. The van der Waals surface area contributed by atoms with Crippen LogP contribution >= 0.6 is 35.7 Å². The summed E-state index contributed by atoms with van der Waals surface area (Å²) in [5.74, 6) is 0.925. The van der Waals surface area contributed by atoms with Crippen molar-refractivity contribution in [2.45, 2.75) is 9.10 Å².